The highest BCUT2D eigenvalue weighted by Gasteiger charge is 2.36. The van der Waals surface area contributed by atoms with Gasteiger partial charge in [0.25, 0.3) is 11.8 Å². The zero-order valence-electron chi connectivity index (χ0n) is 34.5. The van der Waals surface area contributed by atoms with Crippen molar-refractivity contribution in [2.75, 3.05) is 32.6 Å². The number of hydrogen-bond acceptors (Lipinski definition) is 10. The van der Waals surface area contributed by atoms with Gasteiger partial charge in [-0.05, 0) is 73.5 Å². The first-order chi connectivity index (χ1) is 31.1. The summed E-state index contributed by atoms with van der Waals surface area (Å²) in [5.41, 5.74) is 3.62. The van der Waals surface area contributed by atoms with E-state index in [4.69, 9.17) is 48.5 Å². The summed E-state index contributed by atoms with van der Waals surface area (Å²) in [7, 11) is 3.10. The summed E-state index contributed by atoms with van der Waals surface area (Å²) in [5, 5.41) is 5.81. The minimum absolute atomic E-state index is 0.129. The number of amides is 3. The highest BCUT2D eigenvalue weighted by Crippen LogP contribution is 2.34. The molecule has 1 atom stereocenters. The van der Waals surface area contributed by atoms with Gasteiger partial charge < -0.3 is 34.0 Å². The summed E-state index contributed by atoms with van der Waals surface area (Å²) in [6, 6.07) is 26.1. The van der Waals surface area contributed by atoms with Crippen LogP contribution < -0.4 is 14.8 Å². The van der Waals surface area contributed by atoms with Crippen molar-refractivity contribution >= 4 is 79.2 Å². The van der Waals surface area contributed by atoms with Gasteiger partial charge in [-0.25, -0.2) is 19.9 Å². The molecule has 2 N–H and O–H groups in total. The number of halogens is 2. The number of imidazole rings is 1. The smallest absolute Gasteiger partial charge is 0.273 e. The van der Waals surface area contributed by atoms with Crippen molar-refractivity contribution in [2.45, 2.75) is 31.8 Å². The number of aromatic nitrogens is 5. The van der Waals surface area contributed by atoms with Crippen LogP contribution in [0.5, 0.6) is 11.5 Å². The lowest BCUT2D eigenvalue weighted by Crippen LogP contribution is -2.43. The van der Waals surface area contributed by atoms with Gasteiger partial charge in [0, 0.05) is 57.9 Å². The molecule has 4 aromatic carbocycles. The average molecular weight is 894 g/mol. The number of ether oxygens (including phenoxy) is 2. The van der Waals surface area contributed by atoms with Gasteiger partial charge in [-0.15, -0.1) is 12.3 Å². The summed E-state index contributed by atoms with van der Waals surface area (Å²) in [6.07, 6.45) is 8.70. The summed E-state index contributed by atoms with van der Waals surface area (Å²) in [6.45, 7) is 0.781. The molecule has 0 saturated carbocycles. The van der Waals surface area contributed by atoms with E-state index in [0.29, 0.717) is 98.6 Å². The Bertz CT molecular complexity index is 3180. The van der Waals surface area contributed by atoms with E-state index in [0.717, 1.165) is 5.56 Å². The van der Waals surface area contributed by atoms with Crippen LogP contribution in [-0.2, 0) is 11.3 Å². The summed E-state index contributed by atoms with van der Waals surface area (Å²) < 4.78 is 17.2. The number of nitrogens with zero attached hydrogens (tertiary/aromatic N) is 6. The SMILES string of the molecule is C#CCCN(Cc1nc2ccc(-c3cnc(-c4cccc(NC(=O)[C@@H]5CCCN5C(=O)c5nc(Cl)cc6c(OC)cccc56)c4)o3)cc2[nH]1)C(=O)c1nc(Cl)cc2c(OC)cccc12. The molecule has 1 saturated heterocycles. The topological polar surface area (TPSA) is 169 Å². The van der Waals surface area contributed by atoms with Crippen molar-refractivity contribution < 1.29 is 28.3 Å². The number of carbonyl (C=O) groups is 3. The lowest BCUT2D eigenvalue weighted by atomic mass is 10.1. The highest BCUT2D eigenvalue weighted by molar-refractivity contribution is 6.31. The number of oxazole rings is 1. The second-order valence-electron chi connectivity index (χ2n) is 15.1. The number of methoxy groups -OCH3 is 2. The molecule has 64 heavy (non-hydrogen) atoms. The molecule has 16 heteroatoms. The Hall–Kier alpha value is -7.47. The molecule has 3 amide bonds. The van der Waals surface area contributed by atoms with E-state index in [1.165, 1.54) is 0 Å². The minimum Gasteiger partial charge on any atom is -0.496 e. The molecule has 9 rings (SSSR count). The third kappa shape index (κ3) is 8.14. The van der Waals surface area contributed by atoms with E-state index in [-0.39, 0.29) is 52.5 Å². The summed E-state index contributed by atoms with van der Waals surface area (Å²) in [4.78, 5) is 66.4. The van der Waals surface area contributed by atoms with E-state index in [1.54, 1.807) is 96.9 Å². The van der Waals surface area contributed by atoms with Gasteiger partial charge in [-0.1, -0.05) is 53.5 Å². The number of carbonyl (C=O) groups excluding carboxylic acids is 3. The molecule has 0 aliphatic carbocycles. The van der Waals surface area contributed by atoms with Crippen LogP contribution in [0.15, 0.2) is 102 Å². The van der Waals surface area contributed by atoms with Crippen molar-refractivity contribution in [3.8, 4) is 46.6 Å². The number of pyridine rings is 2. The maximum Gasteiger partial charge on any atom is 0.273 e. The van der Waals surface area contributed by atoms with Crippen molar-refractivity contribution in [3.63, 3.8) is 0 Å². The first-order valence-electron chi connectivity index (χ1n) is 20.3. The van der Waals surface area contributed by atoms with Gasteiger partial charge in [0.05, 0.1) is 38.0 Å². The Kier molecular flexibility index (Phi) is 11.6. The van der Waals surface area contributed by atoms with Gasteiger partial charge in [0.1, 0.15) is 45.1 Å². The lowest BCUT2D eigenvalue weighted by molar-refractivity contribution is -0.119. The fourth-order valence-corrected chi connectivity index (χ4v) is 8.49. The molecule has 8 aromatic rings. The number of H-pyrrole nitrogens is 1. The van der Waals surface area contributed by atoms with Crippen LogP contribution >= 0.6 is 23.2 Å². The zero-order valence-corrected chi connectivity index (χ0v) is 36.0. The first-order valence-corrected chi connectivity index (χ1v) is 21.0. The summed E-state index contributed by atoms with van der Waals surface area (Å²) in [5.74, 6) is 4.07. The Labute approximate surface area is 376 Å². The monoisotopic (exact) mass is 892 g/mol. The molecule has 14 nitrogen and oxygen atoms in total. The van der Waals surface area contributed by atoms with Crippen LogP contribution in [0.1, 0.15) is 46.1 Å². The molecule has 1 fully saturated rings. The predicted molar refractivity (Wildman–Crippen MR) is 245 cm³/mol. The normalized spacial score (nSPS) is 13.6. The van der Waals surface area contributed by atoms with E-state index in [9.17, 15) is 14.4 Å². The number of benzene rings is 4. The van der Waals surface area contributed by atoms with E-state index in [1.807, 2.05) is 24.3 Å². The number of aromatic amines is 1. The highest BCUT2D eigenvalue weighted by atomic mass is 35.5. The van der Waals surface area contributed by atoms with Gasteiger partial charge >= 0.3 is 0 Å². The molecule has 5 heterocycles. The predicted octanol–water partition coefficient (Wildman–Crippen LogP) is 9.21. The van der Waals surface area contributed by atoms with Crippen LogP contribution in [0.25, 0.3) is 55.4 Å². The fraction of sp³-hybridized carbons (Fsp3) is 0.188. The Morgan fingerprint density at radius 2 is 1.58 bits per heavy atom. The first kappa shape index (κ1) is 41.9. The van der Waals surface area contributed by atoms with Gasteiger partial charge in [-0.2, -0.15) is 0 Å². The quantitative estimate of drug-likeness (QED) is 0.0891. The molecular formula is C48H38Cl2N8O6. The molecule has 4 aromatic heterocycles. The number of likely N-dealkylation sites (tertiary alicyclic amines) is 1. The van der Waals surface area contributed by atoms with Crippen LogP contribution in [-0.4, -0.2) is 85.8 Å². The lowest BCUT2D eigenvalue weighted by Gasteiger charge is -2.24. The number of terminal acetylenes is 1. The second-order valence-corrected chi connectivity index (χ2v) is 15.8. The molecule has 0 unspecified atom stereocenters. The maximum atomic E-state index is 14.1. The van der Waals surface area contributed by atoms with Crippen molar-refractivity contribution in [1.82, 2.24) is 34.7 Å². The van der Waals surface area contributed by atoms with E-state index >= 15 is 0 Å². The van der Waals surface area contributed by atoms with Crippen molar-refractivity contribution in [2.24, 2.45) is 0 Å². The standard InChI is InChI=1S/C48H38Cl2N8O6/c1-4-5-19-57(47(60)43-30-12-7-15-37(62-2)32(30)23-40(49)55-43)26-42-53-34-18-17-27(22-35(34)54-42)39-25-51-46(64-39)28-10-6-11-29(21-28)52-45(59)36-14-9-20-58(36)48(61)44-31-13-8-16-38(63-3)33(31)24-41(50)56-44/h1,6-8,10-13,15-18,21-25,36H,5,9,14,19-20,26H2,2-3H3,(H,52,59)(H,53,54)/t36-/m0/s1. The van der Waals surface area contributed by atoms with Crippen molar-refractivity contribution in [1.29, 1.82) is 0 Å². The Morgan fingerprint density at radius 3 is 2.30 bits per heavy atom. The molecule has 0 bridgehead atoms. The van der Waals surface area contributed by atoms with Crippen LogP contribution in [0.2, 0.25) is 10.3 Å². The Balaban J connectivity index is 0.905. The second kappa shape index (κ2) is 17.7. The fourth-order valence-electron chi connectivity index (χ4n) is 8.11. The minimum atomic E-state index is -0.722. The number of anilines is 1. The molecule has 320 valence electrons. The van der Waals surface area contributed by atoms with Crippen LogP contribution in [0, 0.1) is 12.3 Å². The van der Waals surface area contributed by atoms with E-state index in [2.05, 4.69) is 31.2 Å². The Morgan fingerprint density at radius 1 is 0.875 bits per heavy atom. The van der Waals surface area contributed by atoms with Crippen molar-refractivity contribution in [3.05, 3.63) is 125 Å². The molecule has 0 radical (unpaired) electrons. The largest absolute Gasteiger partial charge is 0.496 e. The molecular weight excluding hydrogens is 855 g/mol. The number of nitrogens with one attached hydrogen (secondary N) is 2. The van der Waals surface area contributed by atoms with Gasteiger partial charge in [0.15, 0.2) is 5.76 Å². The average Bonchev–Trinajstić information content (AvgIpc) is 4.10. The zero-order chi connectivity index (χ0) is 44.5. The molecule has 0 spiro atoms. The number of fused-ring (bicyclic) bond motifs is 3. The van der Waals surface area contributed by atoms with Crippen LogP contribution in [0.4, 0.5) is 5.69 Å². The number of hydrogen-bond donors (Lipinski definition) is 2. The maximum absolute atomic E-state index is 14.1. The summed E-state index contributed by atoms with van der Waals surface area (Å²) >= 11 is 12.7. The van der Waals surface area contributed by atoms with Gasteiger partial charge in [-0.3, -0.25) is 14.4 Å². The third-order valence-electron chi connectivity index (χ3n) is 11.1. The molecule has 1 aliphatic rings. The number of rotatable bonds is 12. The van der Waals surface area contributed by atoms with Crippen LogP contribution in [0.3, 0.4) is 0 Å². The molecule has 1 aliphatic heterocycles. The van der Waals surface area contributed by atoms with E-state index < -0.39 is 6.04 Å². The van der Waals surface area contributed by atoms with Gasteiger partial charge in [0.2, 0.25) is 11.8 Å². The third-order valence-corrected chi connectivity index (χ3v) is 11.5.